The molecule has 2 N–H and O–H groups in total. The maximum atomic E-state index is 11.1. The summed E-state index contributed by atoms with van der Waals surface area (Å²) in [5.74, 6) is -0.884. The van der Waals surface area contributed by atoms with E-state index < -0.39 is 16.4 Å². The third-order valence-electron chi connectivity index (χ3n) is 3.77. The molecule has 110 valence electrons. The highest BCUT2D eigenvalue weighted by atomic mass is 16.6. The summed E-state index contributed by atoms with van der Waals surface area (Å²) in [5, 5.41) is 23.2. The minimum atomic E-state index is -0.899. The summed E-state index contributed by atoms with van der Waals surface area (Å²) in [6, 6.07) is 0. The molecule has 1 heterocycles. The van der Waals surface area contributed by atoms with Gasteiger partial charge in [0, 0.05) is 12.6 Å². The van der Waals surface area contributed by atoms with Gasteiger partial charge in [-0.15, -0.1) is 0 Å². The van der Waals surface area contributed by atoms with Gasteiger partial charge in [0.15, 0.2) is 0 Å². The summed E-state index contributed by atoms with van der Waals surface area (Å²) in [6.07, 6.45) is 5.62. The number of anilines is 1. The molecule has 1 aliphatic carbocycles. The van der Waals surface area contributed by atoms with Crippen molar-refractivity contribution in [2.75, 3.05) is 5.32 Å². The van der Waals surface area contributed by atoms with Gasteiger partial charge >= 0.3 is 11.8 Å². The fourth-order valence-corrected chi connectivity index (χ4v) is 2.81. The van der Waals surface area contributed by atoms with E-state index in [-0.39, 0.29) is 18.1 Å². The lowest BCUT2D eigenvalue weighted by Gasteiger charge is -2.37. The number of aryl methyl sites for hydroxylation is 1. The van der Waals surface area contributed by atoms with Crippen LogP contribution in [-0.4, -0.2) is 31.1 Å². The Morgan fingerprint density at radius 3 is 2.75 bits per heavy atom. The summed E-state index contributed by atoms with van der Waals surface area (Å²) in [7, 11) is 1.65. The van der Waals surface area contributed by atoms with E-state index in [1.807, 2.05) is 0 Å². The number of rotatable bonds is 5. The number of nitrogens with zero attached hydrogens (tertiary/aromatic N) is 3. The molecule has 1 fully saturated rings. The number of imidazole rings is 1. The number of aromatic nitrogens is 2. The minimum absolute atomic E-state index is 0.0463. The van der Waals surface area contributed by atoms with Crippen molar-refractivity contribution < 1.29 is 14.8 Å². The van der Waals surface area contributed by atoms with Crippen LogP contribution in [0.3, 0.4) is 0 Å². The molecule has 0 atom stereocenters. The van der Waals surface area contributed by atoms with Crippen molar-refractivity contribution in [3.05, 3.63) is 16.4 Å². The van der Waals surface area contributed by atoms with E-state index in [9.17, 15) is 14.9 Å². The molecule has 0 spiro atoms. The van der Waals surface area contributed by atoms with Gasteiger partial charge in [-0.05, 0) is 22.7 Å². The van der Waals surface area contributed by atoms with Gasteiger partial charge in [-0.1, -0.05) is 19.3 Å². The van der Waals surface area contributed by atoms with Crippen LogP contribution in [-0.2, 0) is 11.8 Å². The quantitative estimate of drug-likeness (QED) is 0.630. The molecule has 1 aromatic rings. The summed E-state index contributed by atoms with van der Waals surface area (Å²) >= 11 is 0. The van der Waals surface area contributed by atoms with Crippen LogP contribution in [0.1, 0.15) is 38.5 Å². The second-order valence-electron chi connectivity index (χ2n) is 5.32. The maximum Gasteiger partial charge on any atom is 0.406 e. The average Bonchev–Trinajstić information content (AvgIpc) is 2.71. The second-order valence-corrected chi connectivity index (χ2v) is 5.32. The van der Waals surface area contributed by atoms with E-state index >= 15 is 0 Å². The van der Waals surface area contributed by atoms with E-state index in [0.717, 1.165) is 19.3 Å². The number of carboxylic acids is 1. The summed E-state index contributed by atoms with van der Waals surface area (Å²) in [4.78, 5) is 25.3. The zero-order chi connectivity index (χ0) is 14.8. The van der Waals surface area contributed by atoms with Crippen LogP contribution in [0.15, 0.2) is 6.33 Å². The number of hydrogen-bond donors (Lipinski definition) is 2. The van der Waals surface area contributed by atoms with Crippen LogP contribution in [0.25, 0.3) is 0 Å². The summed E-state index contributed by atoms with van der Waals surface area (Å²) in [6.45, 7) is 0. The fraction of sp³-hybridized carbons (Fsp3) is 0.667. The van der Waals surface area contributed by atoms with Gasteiger partial charge in [-0.3, -0.25) is 9.36 Å². The molecular formula is C12H18N4O4. The number of aliphatic carboxylic acids is 1. The molecule has 1 aromatic heterocycles. The first-order valence-electron chi connectivity index (χ1n) is 6.59. The van der Waals surface area contributed by atoms with Crippen molar-refractivity contribution >= 4 is 17.6 Å². The maximum absolute atomic E-state index is 11.1. The zero-order valence-electron chi connectivity index (χ0n) is 11.3. The standard InChI is InChI=1S/C12H18N4O4/c1-15-8-13-10(16(19)20)11(15)14-12(7-9(17)18)5-3-2-4-6-12/h8,14H,2-7H2,1H3,(H,17,18). The monoisotopic (exact) mass is 282 g/mol. The third-order valence-corrected chi connectivity index (χ3v) is 3.77. The number of nitro groups is 1. The van der Waals surface area contributed by atoms with Crippen LogP contribution < -0.4 is 5.32 Å². The van der Waals surface area contributed by atoms with E-state index in [1.54, 1.807) is 7.05 Å². The molecule has 8 heteroatoms. The topological polar surface area (TPSA) is 110 Å². The molecular weight excluding hydrogens is 264 g/mol. The lowest BCUT2D eigenvalue weighted by Crippen LogP contribution is -2.43. The molecule has 0 bridgehead atoms. The molecule has 8 nitrogen and oxygen atoms in total. The molecule has 1 saturated carbocycles. The van der Waals surface area contributed by atoms with Gasteiger partial charge in [0.1, 0.15) is 0 Å². The van der Waals surface area contributed by atoms with Gasteiger partial charge in [-0.25, -0.2) is 0 Å². The third kappa shape index (κ3) is 2.89. The fourth-order valence-electron chi connectivity index (χ4n) is 2.81. The molecule has 0 saturated heterocycles. The number of carboxylic acid groups (broad SMARTS) is 1. The molecule has 2 rings (SSSR count). The Kier molecular flexibility index (Phi) is 3.91. The number of nitrogens with one attached hydrogen (secondary N) is 1. The molecule has 0 amide bonds. The van der Waals surface area contributed by atoms with Crippen molar-refractivity contribution in [1.29, 1.82) is 0 Å². The number of hydrogen-bond acceptors (Lipinski definition) is 5. The van der Waals surface area contributed by atoms with Gasteiger partial charge in [0.2, 0.25) is 12.1 Å². The predicted molar refractivity (Wildman–Crippen MR) is 71.6 cm³/mol. The van der Waals surface area contributed by atoms with Crippen LogP contribution in [0, 0.1) is 10.1 Å². The van der Waals surface area contributed by atoms with Crippen molar-refractivity contribution in [2.45, 2.75) is 44.1 Å². The SMILES string of the molecule is Cn1cnc([N+](=O)[O-])c1NC1(CC(=O)O)CCCCC1. The zero-order valence-corrected chi connectivity index (χ0v) is 11.3. The first-order chi connectivity index (χ1) is 9.43. The normalized spacial score (nSPS) is 17.6. The van der Waals surface area contributed by atoms with E-state index in [1.165, 1.54) is 10.9 Å². The largest absolute Gasteiger partial charge is 0.481 e. The van der Waals surface area contributed by atoms with Crippen molar-refractivity contribution in [3.63, 3.8) is 0 Å². The Labute approximate surface area is 116 Å². The highest BCUT2D eigenvalue weighted by Crippen LogP contribution is 2.36. The van der Waals surface area contributed by atoms with Gasteiger partial charge in [-0.2, -0.15) is 0 Å². The molecule has 1 aliphatic rings. The Balaban J connectivity index is 2.30. The lowest BCUT2D eigenvalue weighted by molar-refractivity contribution is -0.388. The van der Waals surface area contributed by atoms with Gasteiger partial charge < -0.3 is 20.5 Å². The van der Waals surface area contributed by atoms with Crippen LogP contribution in [0.5, 0.6) is 0 Å². The molecule has 20 heavy (non-hydrogen) atoms. The first kappa shape index (κ1) is 14.3. The second kappa shape index (κ2) is 5.48. The average molecular weight is 282 g/mol. The van der Waals surface area contributed by atoms with Crippen molar-refractivity contribution in [1.82, 2.24) is 9.55 Å². The molecule has 0 aliphatic heterocycles. The molecule has 0 unspecified atom stereocenters. The summed E-state index contributed by atoms with van der Waals surface area (Å²) < 4.78 is 1.52. The highest BCUT2D eigenvalue weighted by molar-refractivity contribution is 5.70. The van der Waals surface area contributed by atoms with Crippen molar-refractivity contribution in [3.8, 4) is 0 Å². The van der Waals surface area contributed by atoms with Crippen LogP contribution in [0.2, 0.25) is 0 Å². The highest BCUT2D eigenvalue weighted by Gasteiger charge is 2.37. The van der Waals surface area contributed by atoms with Gasteiger partial charge in [0.25, 0.3) is 0 Å². The Hall–Kier alpha value is -2.12. The number of carbonyl (C=O) groups is 1. The Bertz CT molecular complexity index is 520. The first-order valence-corrected chi connectivity index (χ1v) is 6.59. The minimum Gasteiger partial charge on any atom is -0.481 e. The van der Waals surface area contributed by atoms with E-state index in [2.05, 4.69) is 10.3 Å². The van der Waals surface area contributed by atoms with Crippen LogP contribution in [0.4, 0.5) is 11.6 Å². The van der Waals surface area contributed by atoms with Crippen molar-refractivity contribution in [2.24, 2.45) is 7.05 Å². The Morgan fingerprint density at radius 2 is 2.20 bits per heavy atom. The predicted octanol–water partition coefficient (Wildman–Crippen LogP) is 1.92. The lowest BCUT2D eigenvalue weighted by atomic mass is 9.79. The van der Waals surface area contributed by atoms with Crippen LogP contribution >= 0.6 is 0 Å². The van der Waals surface area contributed by atoms with E-state index in [4.69, 9.17) is 5.11 Å². The smallest absolute Gasteiger partial charge is 0.406 e. The van der Waals surface area contributed by atoms with E-state index in [0.29, 0.717) is 12.8 Å². The molecule has 0 radical (unpaired) electrons. The Morgan fingerprint density at radius 1 is 1.55 bits per heavy atom. The molecule has 0 aromatic carbocycles. The summed E-state index contributed by atoms with van der Waals surface area (Å²) in [5.41, 5.74) is -0.622. The van der Waals surface area contributed by atoms with Gasteiger partial charge in [0.05, 0.1) is 6.42 Å².